The third-order valence-electron chi connectivity index (χ3n) is 2.51. The van der Waals surface area contributed by atoms with Crippen LogP contribution >= 0.6 is 0 Å². The highest BCUT2D eigenvalue weighted by atomic mass is 16.6. The summed E-state index contributed by atoms with van der Waals surface area (Å²) in [5.74, 6) is -1.72. The first kappa shape index (κ1) is 16.9. The number of hydrogen-bond acceptors (Lipinski definition) is 6. The van der Waals surface area contributed by atoms with Crippen LogP contribution in [-0.2, 0) is 23.8 Å². The molecular formula is C12H22O6. The van der Waals surface area contributed by atoms with Crippen LogP contribution in [0.15, 0.2) is 0 Å². The lowest BCUT2D eigenvalue weighted by molar-refractivity contribution is -0.179. The predicted molar refractivity (Wildman–Crippen MR) is 63.9 cm³/mol. The van der Waals surface area contributed by atoms with E-state index in [0.717, 1.165) is 26.4 Å². The molecule has 0 saturated carbocycles. The smallest absolute Gasteiger partial charge is 0.338 e. The van der Waals surface area contributed by atoms with Gasteiger partial charge in [0, 0.05) is 0 Å². The SMILES string of the molecule is CCCC[C@@H](C)O[C@@H](C(=O)OC)[C@@H](O)C(=O)OC. The number of rotatable bonds is 8. The summed E-state index contributed by atoms with van der Waals surface area (Å²) in [6.45, 7) is 3.81. The summed E-state index contributed by atoms with van der Waals surface area (Å²) >= 11 is 0. The Morgan fingerprint density at radius 1 is 1.17 bits per heavy atom. The number of carbonyl (C=O) groups is 2. The van der Waals surface area contributed by atoms with Gasteiger partial charge in [-0.3, -0.25) is 0 Å². The zero-order valence-corrected chi connectivity index (χ0v) is 11.3. The van der Waals surface area contributed by atoms with Crippen LogP contribution in [0.3, 0.4) is 0 Å². The molecule has 18 heavy (non-hydrogen) atoms. The normalized spacial score (nSPS) is 15.6. The minimum absolute atomic E-state index is 0.256. The number of ether oxygens (including phenoxy) is 3. The van der Waals surface area contributed by atoms with Gasteiger partial charge in [0.25, 0.3) is 0 Å². The maximum Gasteiger partial charge on any atom is 0.338 e. The standard InChI is InChI=1S/C12H22O6/c1-5-6-7-8(2)18-10(12(15)17-4)9(13)11(14)16-3/h8-10,13H,5-7H2,1-4H3/t8-,9-,10-/m1/s1. The van der Waals surface area contributed by atoms with E-state index in [1.165, 1.54) is 7.11 Å². The largest absolute Gasteiger partial charge is 0.467 e. The minimum atomic E-state index is -1.67. The molecule has 3 atom stereocenters. The molecule has 0 aliphatic carbocycles. The topological polar surface area (TPSA) is 82.1 Å². The molecule has 0 heterocycles. The number of carbonyl (C=O) groups excluding carboxylic acids is 2. The van der Waals surface area contributed by atoms with E-state index < -0.39 is 24.1 Å². The van der Waals surface area contributed by atoms with Crippen LogP contribution in [0.1, 0.15) is 33.1 Å². The maximum atomic E-state index is 11.5. The van der Waals surface area contributed by atoms with Crippen LogP contribution in [0, 0.1) is 0 Å². The quantitative estimate of drug-likeness (QED) is 0.647. The van der Waals surface area contributed by atoms with Crippen molar-refractivity contribution < 1.29 is 28.9 Å². The molecule has 0 rings (SSSR count). The number of methoxy groups -OCH3 is 2. The lowest BCUT2D eigenvalue weighted by atomic mass is 10.1. The highest BCUT2D eigenvalue weighted by Gasteiger charge is 2.36. The van der Waals surface area contributed by atoms with Crippen molar-refractivity contribution in [2.24, 2.45) is 0 Å². The third kappa shape index (κ3) is 5.46. The minimum Gasteiger partial charge on any atom is -0.467 e. The molecule has 0 saturated heterocycles. The molecule has 0 radical (unpaired) electrons. The third-order valence-corrected chi connectivity index (χ3v) is 2.51. The van der Waals surface area contributed by atoms with Crippen molar-refractivity contribution in [1.29, 1.82) is 0 Å². The zero-order chi connectivity index (χ0) is 14.1. The molecule has 0 aliphatic heterocycles. The molecule has 0 bridgehead atoms. The molecule has 0 fully saturated rings. The van der Waals surface area contributed by atoms with Gasteiger partial charge in [0.2, 0.25) is 0 Å². The first-order valence-corrected chi connectivity index (χ1v) is 5.97. The van der Waals surface area contributed by atoms with Crippen LogP contribution in [0.5, 0.6) is 0 Å². The van der Waals surface area contributed by atoms with Crippen molar-refractivity contribution in [2.75, 3.05) is 14.2 Å². The van der Waals surface area contributed by atoms with Crippen molar-refractivity contribution in [3.63, 3.8) is 0 Å². The van der Waals surface area contributed by atoms with Gasteiger partial charge in [-0.05, 0) is 13.3 Å². The zero-order valence-electron chi connectivity index (χ0n) is 11.3. The highest BCUT2D eigenvalue weighted by molar-refractivity contribution is 5.85. The Labute approximate surface area is 107 Å². The van der Waals surface area contributed by atoms with Crippen LogP contribution in [-0.4, -0.2) is 49.6 Å². The molecule has 0 aromatic rings. The second-order valence-corrected chi connectivity index (χ2v) is 4.00. The fourth-order valence-corrected chi connectivity index (χ4v) is 1.43. The number of aliphatic hydroxyl groups excluding tert-OH is 1. The lowest BCUT2D eigenvalue weighted by Crippen LogP contribution is -2.44. The maximum absolute atomic E-state index is 11.5. The van der Waals surface area contributed by atoms with Gasteiger partial charge in [0.15, 0.2) is 12.2 Å². The van der Waals surface area contributed by atoms with Crippen molar-refractivity contribution >= 4 is 11.9 Å². The Hall–Kier alpha value is -1.14. The average Bonchev–Trinajstić information content (AvgIpc) is 2.39. The summed E-state index contributed by atoms with van der Waals surface area (Å²) in [7, 11) is 2.29. The monoisotopic (exact) mass is 262 g/mol. The molecule has 6 nitrogen and oxygen atoms in total. The van der Waals surface area contributed by atoms with E-state index in [1.54, 1.807) is 6.92 Å². The predicted octanol–water partition coefficient (Wildman–Crippen LogP) is 0.657. The number of esters is 2. The first-order chi connectivity index (χ1) is 8.47. The lowest BCUT2D eigenvalue weighted by Gasteiger charge is -2.23. The molecule has 0 spiro atoms. The van der Waals surface area contributed by atoms with Gasteiger partial charge in [-0.25, -0.2) is 9.59 Å². The Balaban J connectivity index is 4.58. The summed E-state index contributed by atoms with van der Waals surface area (Å²) in [4.78, 5) is 22.7. The molecule has 0 aromatic heterocycles. The van der Waals surface area contributed by atoms with E-state index in [2.05, 4.69) is 9.47 Å². The van der Waals surface area contributed by atoms with Gasteiger partial charge in [0.1, 0.15) is 0 Å². The van der Waals surface area contributed by atoms with Gasteiger partial charge in [0.05, 0.1) is 20.3 Å². The van der Waals surface area contributed by atoms with Crippen molar-refractivity contribution in [3.8, 4) is 0 Å². The van der Waals surface area contributed by atoms with E-state index in [9.17, 15) is 14.7 Å². The van der Waals surface area contributed by atoms with Crippen molar-refractivity contribution in [1.82, 2.24) is 0 Å². The molecule has 0 aliphatic rings. The molecule has 0 amide bonds. The summed E-state index contributed by atoms with van der Waals surface area (Å²) in [6, 6.07) is 0. The van der Waals surface area contributed by atoms with Gasteiger partial charge < -0.3 is 19.3 Å². The summed E-state index contributed by atoms with van der Waals surface area (Å²) in [6.07, 6.45) is -0.619. The Kier molecular flexibility index (Phi) is 8.32. The van der Waals surface area contributed by atoms with E-state index in [0.29, 0.717) is 0 Å². The average molecular weight is 262 g/mol. The van der Waals surface area contributed by atoms with E-state index in [-0.39, 0.29) is 6.10 Å². The summed E-state index contributed by atoms with van der Waals surface area (Å²) < 4.78 is 14.2. The fraction of sp³-hybridized carbons (Fsp3) is 0.833. The fourth-order valence-electron chi connectivity index (χ4n) is 1.43. The number of hydrogen-bond donors (Lipinski definition) is 1. The van der Waals surface area contributed by atoms with Crippen LogP contribution in [0.25, 0.3) is 0 Å². The Bertz CT molecular complexity index is 265. The highest BCUT2D eigenvalue weighted by Crippen LogP contribution is 2.12. The summed E-state index contributed by atoms with van der Waals surface area (Å²) in [5, 5.41) is 9.65. The molecule has 0 aromatic carbocycles. The van der Waals surface area contributed by atoms with E-state index in [4.69, 9.17) is 4.74 Å². The molecule has 106 valence electrons. The van der Waals surface area contributed by atoms with Gasteiger partial charge in [-0.2, -0.15) is 0 Å². The molecule has 0 unspecified atom stereocenters. The number of unbranched alkanes of at least 4 members (excludes halogenated alkanes) is 1. The number of aliphatic hydroxyl groups is 1. The van der Waals surface area contributed by atoms with Gasteiger partial charge in [-0.1, -0.05) is 19.8 Å². The summed E-state index contributed by atoms with van der Waals surface area (Å²) in [5.41, 5.74) is 0. The molecular weight excluding hydrogens is 240 g/mol. The van der Waals surface area contributed by atoms with Gasteiger partial charge in [-0.15, -0.1) is 0 Å². The van der Waals surface area contributed by atoms with Crippen molar-refractivity contribution in [3.05, 3.63) is 0 Å². The van der Waals surface area contributed by atoms with Crippen molar-refractivity contribution in [2.45, 2.75) is 51.4 Å². The Morgan fingerprint density at radius 3 is 2.17 bits per heavy atom. The van der Waals surface area contributed by atoms with Gasteiger partial charge >= 0.3 is 11.9 Å². The molecule has 6 heteroatoms. The van der Waals surface area contributed by atoms with Crippen LogP contribution in [0.2, 0.25) is 0 Å². The molecule has 1 N–H and O–H groups in total. The second kappa shape index (κ2) is 8.88. The van der Waals surface area contributed by atoms with Crippen LogP contribution < -0.4 is 0 Å². The van der Waals surface area contributed by atoms with Crippen LogP contribution in [0.4, 0.5) is 0 Å². The first-order valence-electron chi connectivity index (χ1n) is 5.97. The van der Waals surface area contributed by atoms with E-state index in [1.807, 2.05) is 6.92 Å². The van der Waals surface area contributed by atoms with E-state index >= 15 is 0 Å². The second-order valence-electron chi connectivity index (χ2n) is 4.00. The Morgan fingerprint density at radius 2 is 1.72 bits per heavy atom.